The third-order valence-corrected chi connectivity index (χ3v) is 3.96. The second kappa shape index (κ2) is 8.61. The Balaban J connectivity index is 1.81. The summed E-state index contributed by atoms with van der Waals surface area (Å²) >= 11 is 0. The van der Waals surface area contributed by atoms with E-state index >= 15 is 0 Å². The average molecular weight is 311 g/mol. The number of anilines is 1. The molecule has 0 aliphatic heterocycles. The van der Waals surface area contributed by atoms with Gasteiger partial charge in [-0.2, -0.15) is 0 Å². The Morgan fingerprint density at radius 2 is 1.52 bits per heavy atom. The predicted molar refractivity (Wildman–Crippen MR) is 99.2 cm³/mol. The Labute approximate surface area is 140 Å². The second-order valence-corrected chi connectivity index (χ2v) is 6.81. The second-order valence-electron chi connectivity index (χ2n) is 6.81. The van der Waals surface area contributed by atoms with Crippen molar-refractivity contribution >= 4 is 5.69 Å². The highest BCUT2D eigenvalue weighted by molar-refractivity contribution is 5.46. The molecule has 0 saturated carbocycles. The van der Waals surface area contributed by atoms with E-state index in [0.717, 1.165) is 31.0 Å². The van der Waals surface area contributed by atoms with Gasteiger partial charge in [-0.15, -0.1) is 0 Å². The highest BCUT2D eigenvalue weighted by atomic mass is 16.5. The number of nitrogens with one attached hydrogen (secondary N) is 1. The maximum absolute atomic E-state index is 5.74. The predicted octanol–water partition coefficient (Wildman–Crippen LogP) is 5.85. The fraction of sp³-hybridized carbons (Fsp3) is 0.429. The molecule has 0 aliphatic carbocycles. The molecule has 0 unspecified atom stereocenters. The fourth-order valence-corrected chi connectivity index (χ4v) is 2.31. The SMILES string of the molecule is CC(C)CCOc1ccc(NCc2ccc(C(C)C)cc2)cc1. The molecule has 0 saturated heterocycles. The van der Waals surface area contributed by atoms with Gasteiger partial charge in [-0.25, -0.2) is 0 Å². The smallest absolute Gasteiger partial charge is 0.119 e. The summed E-state index contributed by atoms with van der Waals surface area (Å²) in [6.45, 7) is 10.5. The molecule has 0 aromatic heterocycles. The van der Waals surface area contributed by atoms with Crippen molar-refractivity contribution in [3.8, 4) is 5.75 Å². The standard InChI is InChI=1S/C21H29NO/c1-16(2)13-14-23-21-11-9-20(10-12-21)22-15-18-5-7-19(8-6-18)17(3)4/h5-12,16-17,22H,13-15H2,1-4H3. The quantitative estimate of drug-likeness (QED) is 0.660. The van der Waals surface area contributed by atoms with E-state index in [0.29, 0.717) is 11.8 Å². The van der Waals surface area contributed by atoms with E-state index in [1.165, 1.54) is 11.1 Å². The van der Waals surface area contributed by atoms with Gasteiger partial charge in [0.2, 0.25) is 0 Å². The molecule has 2 nitrogen and oxygen atoms in total. The van der Waals surface area contributed by atoms with Crippen LogP contribution in [0.2, 0.25) is 0 Å². The van der Waals surface area contributed by atoms with Crippen molar-refractivity contribution in [1.82, 2.24) is 0 Å². The van der Waals surface area contributed by atoms with Crippen molar-refractivity contribution in [3.63, 3.8) is 0 Å². The van der Waals surface area contributed by atoms with Crippen LogP contribution >= 0.6 is 0 Å². The minimum absolute atomic E-state index is 0.584. The highest BCUT2D eigenvalue weighted by Crippen LogP contribution is 2.18. The summed E-state index contributed by atoms with van der Waals surface area (Å²) in [7, 11) is 0. The van der Waals surface area contributed by atoms with Gasteiger partial charge in [0.1, 0.15) is 5.75 Å². The molecule has 0 fully saturated rings. The molecule has 0 heterocycles. The van der Waals surface area contributed by atoms with Crippen LogP contribution in [0.4, 0.5) is 5.69 Å². The number of benzene rings is 2. The molecule has 0 spiro atoms. The maximum atomic E-state index is 5.74. The average Bonchev–Trinajstić information content (AvgIpc) is 2.54. The summed E-state index contributed by atoms with van der Waals surface area (Å²) in [5.41, 5.74) is 3.80. The zero-order valence-electron chi connectivity index (χ0n) is 14.8. The molecule has 2 aromatic rings. The molecule has 2 heteroatoms. The van der Waals surface area contributed by atoms with E-state index in [2.05, 4.69) is 69.4 Å². The number of hydrogen-bond acceptors (Lipinski definition) is 2. The lowest BCUT2D eigenvalue weighted by Gasteiger charge is -2.11. The summed E-state index contributed by atoms with van der Waals surface area (Å²) in [5.74, 6) is 2.20. The Hall–Kier alpha value is -1.96. The fourth-order valence-electron chi connectivity index (χ4n) is 2.31. The van der Waals surface area contributed by atoms with Gasteiger partial charge in [0.05, 0.1) is 6.61 Å². The van der Waals surface area contributed by atoms with Crippen LogP contribution in [0.3, 0.4) is 0 Å². The van der Waals surface area contributed by atoms with Crippen LogP contribution in [-0.2, 0) is 6.54 Å². The van der Waals surface area contributed by atoms with Gasteiger partial charge in [-0.05, 0) is 53.6 Å². The van der Waals surface area contributed by atoms with Gasteiger partial charge in [-0.1, -0.05) is 52.0 Å². The highest BCUT2D eigenvalue weighted by Gasteiger charge is 2.00. The first-order valence-electron chi connectivity index (χ1n) is 8.60. The largest absolute Gasteiger partial charge is 0.494 e. The van der Waals surface area contributed by atoms with E-state index in [-0.39, 0.29) is 0 Å². The summed E-state index contributed by atoms with van der Waals surface area (Å²) in [6, 6.07) is 17.0. The summed E-state index contributed by atoms with van der Waals surface area (Å²) in [5, 5.41) is 3.46. The van der Waals surface area contributed by atoms with Gasteiger partial charge in [0.25, 0.3) is 0 Å². The Bertz CT molecular complexity index is 570. The minimum atomic E-state index is 0.584. The first-order valence-corrected chi connectivity index (χ1v) is 8.60. The first-order chi connectivity index (χ1) is 11.0. The summed E-state index contributed by atoms with van der Waals surface area (Å²) < 4.78 is 5.74. The monoisotopic (exact) mass is 311 g/mol. The van der Waals surface area contributed by atoms with E-state index in [4.69, 9.17) is 4.74 Å². The van der Waals surface area contributed by atoms with Crippen molar-refractivity contribution in [1.29, 1.82) is 0 Å². The van der Waals surface area contributed by atoms with Crippen molar-refractivity contribution in [3.05, 3.63) is 59.7 Å². The van der Waals surface area contributed by atoms with E-state index in [1.807, 2.05) is 12.1 Å². The van der Waals surface area contributed by atoms with Crippen LogP contribution in [0, 0.1) is 5.92 Å². The van der Waals surface area contributed by atoms with Crippen LogP contribution in [0.1, 0.15) is 51.2 Å². The van der Waals surface area contributed by atoms with Crippen LogP contribution in [0.15, 0.2) is 48.5 Å². The topological polar surface area (TPSA) is 21.3 Å². The molecule has 124 valence electrons. The molecule has 1 N–H and O–H groups in total. The molecule has 0 bridgehead atoms. The van der Waals surface area contributed by atoms with Gasteiger partial charge in [0, 0.05) is 12.2 Å². The normalized spacial score (nSPS) is 11.0. The Morgan fingerprint density at radius 1 is 0.870 bits per heavy atom. The Kier molecular flexibility index (Phi) is 6.52. The van der Waals surface area contributed by atoms with Crippen molar-refractivity contribution in [2.75, 3.05) is 11.9 Å². The number of ether oxygens (including phenoxy) is 1. The molecule has 0 amide bonds. The lowest BCUT2D eigenvalue weighted by molar-refractivity contribution is 0.289. The Morgan fingerprint density at radius 3 is 2.09 bits per heavy atom. The third kappa shape index (κ3) is 5.97. The van der Waals surface area contributed by atoms with Crippen molar-refractivity contribution in [2.24, 2.45) is 5.92 Å². The molecule has 0 atom stereocenters. The lowest BCUT2D eigenvalue weighted by Crippen LogP contribution is -2.02. The van der Waals surface area contributed by atoms with Crippen LogP contribution in [-0.4, -0.2) is 6.61 Å². The summed E-state index contributed by atoms with van der Waals surface area (Å²) in [4.78, 5) is 0. The van der Waals surface area contributed by atoms with Gasteiger partial charge < -0.3 is 10.1 Å². The van der Waals surface area contributed by atoms with Crippen LogP contribution in [0.5, 0.6) is 5.75 Å². The molecule has 2 rings (SSSR count). The lowest BCUT2D eigenvalue weighted by atomic mass is 10.0. The molecular formula is C21H29NO. The molecule has 2 aromatic carbocycles. The molecule has 0 radical (unpaired) electrons. The van der Waals surface area contributed by atoms with E-state index in [1.54, 1.807) is 0 Å². The van der Waals surface area contributed by atoms with Gasteiger partial charge in [-0.3, -0.25) is 0 Å². The van der Waals surface area contributed by atoms with Gasteiger partial charge in [0.15, 0.2) is 0 Å². The van der Waals surface area contributed by atoms with E-state index in [9.17, 15) is 0 Å². The van der Waals surface area contributed by atoms with Crippen LogP contribution < -0.4 is 10.1 Å². The first kappa shape index (κ1) is 17.4. The van der Waals surface area contributed by atoms with Gasteiger partial charge >= 0.3 is 0 Å². The van der Waals surface area contributed by atoms with Crippen molar-refractivity contribution < 1.29 is 4.74 Å². The number of hydrogen-bond donors (Lipinski definition) is 1. The third-order valence-electron chi connectivity index (χ3n) is 3.96. The van der Waals surface area contributed by atoms with Crippen LogP contribution in [0.25, 0.3) is 0 Å². The molecular weight excluding hydrogens is 282 g/mol. The molecule has 23 heavy (non-hydrogen) atoms. The summed E-state index contributed by atoms with van der Waals surface area (Å²) in [6.07, 6.45) is 1.09. The zero-order chi connectivity index (χ0) is 16.7. The van der Waals surface area contributed by atoms with Crippen molar-refractivity contribution in [2.45, 2.75) is 46.6 Å². The zero-order valence-corrected chi connectivity index (χ0v) is 14.8. The number of rotatable bonds is 8. The van der Waals surface area contributed by atoms with E-state index < -0.39 is 0 Å². The molecule has 0 aliphatic rings. The minimum Gasteiger partial charge on any atom is -0.494 e. The maximum Gasteiger partial charge on any atom is 0.119 e.